The first-order valence-electron chi connectivity index (χ1n) is 8.69. The predicted molar refractivity (Wildman–Crippen MR) is 105 cm³/mol. The molecule has 1 N–H and O–H groups in total. The summed E-state index contributed by atoms with van der Waals surface area (Å²) in [7, 11) is 1.59. The summed E-state index contributed by atoms with van der Waals surface area (Å²) in [5.41, 5.74) is 1.83. The summed E-state index contributed by atoms with van der Waals surface area (Å²) >= 11 is 1.39. The average Bonchev–Trinajstić information content (AvgIpc) is 3.25. The SMILES string of the molecule is CCOC(=O)c1cc(CC)sc1NC(=O)Cc1coc2cc(OC)ccc12. The molecular weight excluding hydrogens is 366 g/mol. The zero-order valence-electron chi connectivity index (χ0n) is 15.5. The Morgan fingerprint density at radius 3 is 2.74 bits per heavy atom. The van der Waals surface area contributed by atoms with Crippen molar-refractivity contribution in [1.29, 1.82) is 0 Å². The van der Waals surface area contributed by atoms with Gasteiger partial charge in [0.05, 0.1) is 32.0 Å². The molecule has 0 unspecified atom stereocenters. The van der Waals surface area contributed by atoms with Crippen LogP contribution in [0.4, 0.5) is 5.00 Å². The maximum absolute atomic E-state index is 12.6. The normalized spacial score (nSPS) is 10.8. The number of carbonyl (C=O) groups excluding carboxylic acids is 2. The number of rotatable bonds is 7. The number of ether oxygens (including phenoxy) is 2. The van der Waals surface area contributed by atoms with Gasteiger partial charge in [-0.1, -0.05) is 6.92 Å². The Labute approximate surface area is 161 Å². The monoisotopic (exact) mass is 387 g/mol. The van der Waals surface area contributed by atoms with E-state index in [1.807, 2.05) is 19.1 Å². The number of esters is 1. The number of carbonyl (C=O) groups is 2. The van der Waals surface area contributed by atoms with Gasteiger partial charge in [0.2, 0.25) is 5.91 Å². The van der Waals surface area contributed by atoms with Gasteiger partial charge in [0.1, 0.15) is 16.3 Å². The molecule has 7 heteroatoms. The quantitative estimate of drug-likeness (QED) is 0.607. The number of benzene rings is 1. The Morgan fingerprint density at radius 1 is 1.22 bits per heavy atom. The van der Waals surface area contributed by atoms with Crippen molar-refractivity contribution in [3.8, 4) is 5.75 Å². The summed E-state index contributed by atoms with van der Waals surface area (Å²) in [6, 6.07) is 7.25. The Kier molecular flexibility index (Phi) is 5.81. The molecule has 3 rings (SSSR count). The highest BCUT2D eigenvalue weighted by Gasteiger charge is 2.19. The van der Waals surface area contributed by atoms with Gasteiger partial charge < -0.3 is 19.2 Å². The van der Waals surface area contributed by atoms with Crippen LogP contribution in [0.2, 0.25) is 0 Å². The van der Waals surface area contributed by atoms with E-state index in [0.29, 0.717) is 21.9 Å². The molecule has 3 aromatic rings. The van der Waals surface area contributed by atoms with Crippen LogP contribution < -0.4 is 10.1 Å². The van der Waals surface area contributed by atoms with Gasteiger partial charge >= 0.3 is 5.97 Å². The molecule has 0 aliphatic heterocycles. The standard InChI is InChI=1S/C20H21NO5S/c1-4-14-10-16(20(23)25-5-2)19(27-14)21-18(22)8-12-11-26-17-9-13(24-3)6-7-15(12)17/h6-7,9-11H,4-5,8H2,1-3H3,(H,21,22). The highest BCUT2D eigenvalue weighted by Crippen LogP contribution is 2.30. The number of aryl methyl sites for hydroxylation is 1. The highest BCUT2D eigenvalue weighted by atomic mass is 32.1. The van der Waals surface area contributed by atoms with Crippen molar-refractivity contribution < 1.29 is 23.5 Å². The van der Waals surface area contributed by atoms with E-state index in [1.54, 1.807) is 32.4 Å². The van der Waals surface area contributed by atoms with Crippen LogP contribution in [0.1, 0.15) is 34.6 Å². The second-order valence-corrected chi connectivity index (χ2v) is 7.01. The Balaban J connectivity index is 1.78. The number of methoxy groups -OCH3 is 1. The third-order valence-corrected chi connectivity index (χ3v) is 5.29. The highest BCUT2D eigenvalue weighted by molar-refractivity contribution is 7.16. The van der Waals surface area contributed by atoms with Crippen LogP contribution in [-0.4, -0.2) is 25.6 Å². The first-order valence-corrected chi connectivity index (χ1v) is 9.51. The maximum atomic E-state index is 12.6. The molecule has 0 atom stereocenters. The predicted octanol–water partition coefficient (Wildman–Crippen LogP) is 4.42. The van der Waals surface area contributed by atoms with E-state index in [4.69, 9.17) is 13.9 Å². The molecule has 2 heterocycles. The smallest absolute Gasteiger partial charge is 0.341 e. The van der Waals surface area contributed by atoms with Gasteiger partial charge in [-0.3, -0.25) is 4.79 Å². The lowest BCUT2D eigenvalue weighted by molar-refractivity contribution is -0.115. The lowest BCUT2D eigenvalue weighted by Gasteiger charge is -2.06. The summed E-state index contributed by atoms with van der Waals surface area (Å²) in [6.07, 6.45) is 2.49. The van der Waals surface area contributed by atoms with Crippen molar-refractivity contribution in [2.24, 2.45) is 0 Å². The van der Waals surface area contributed by atoms with Gasteiger partial charge in [0, 0.05) is 21.9 Å². The number of anilines is 1. The number of fused-ring (bicyclic) bond motifs is 1. The first-order chi connectivity index (χ1) is 13.0. The number of hydrogen-bond donors (Lipinski definition) is 1. The topological polar surface area (TPSA) is 77.8 Å². The molecule has 0 saturated heterocycles. The number of nitrogens with one attached hydrogen (secondary N) is 1. The van der Waals surface area contributed by atoms with E-state index in [9.17, 15) is 9.59 Å². The summed E-state index contributed by atoms with van der Waals surface area (Å²) in [5, 5.41) is 4.22. The lowest BCUT2D eigenvalue weighted by atomic mass is 10.1. The van der Waals surface area contributed by atoms with Crippen LogP contribution in [-0.2, 0) is 22.4 Å². The molecule has 0 fully saturated rings. The molecule has 6 nitrogen and oxygen atoms in total. The molecule has 1 aromatic carbocycles. The second kappa shape index (κ2) is 8.26. The Hall–Kier alpha value is -2.80. The third-order valence-electron chi connectivity index (χ3n) is 4.09. The van der Waals surface area contributed by atoms with Crippen LogP contribution >= 0.6 is 11.3 Å². The van der Waals surface area contributed by atoms with Crippen LogP contribution in [0.15, 0.2) is 34.9 Å². The second-order valence-electron chi connectivity index (χ2n) is 5.88. The van der Waals surface area contributed by atoms with Gasteiger partial charge in [0.15, 0.2) is 0 Å². The fraction of sp³-hybridized carbons (Fsp3) is 0.300. The lowest BCUT2D eigenvalue weighted by Crippen LogP contribution is -2.16. The van der Waals surface area contributed by atoms with Crippen molar-refractivity contribution in [1.82, 2.24) is 0 Å². The molecule has 0 radical (unpaired) electrons. The summed E-state index contributed by atoms with van der Waals surface area (Å²) in [4.78, 5) is 25.7. The zero-order chi connectivity index (χ0) is 19.4. The molecule has 142 valence electrons. The van der Waals surface area contributed by atoms with Gasteiger partial charge in [-0.15, -0.1) is 11.3 Å². The third kappa shape index (κ3) is 4.14. The van der Waals surface area contributed by atoms with E-state index in [0.717, 1.165) is 22.2 Å². The summed E-state index contributed by atoms with van der Waals surface area (Å²) < 4.78 is 15.8. The molecule has 27 heavy (non-hydrogen) atoms. The van der Waals surface area contributed by atoms with Gasteiger partial charge in [-0.05, 0) is 31.5 Å². The van der Waals surface area contributed by atoms with E-state index < -0.39 is 5.97 Å². The minimum absolute atomic E-state index is 0.140. The van der Waals surface area contributed by atoms with Crippen molar-refractivity contribution in [3.05, 3.63) is 46.5 Å². The molecule has 0 aliphatic rings. The van der Waals surface area contributed by atoms with E-state index >= 15 is 0 Å². The van der Waals surface area contributed by atoms with E-state index in [1.165, 1.54) is 11.3 Å². The zero-order valence-corrected chi connectivity index (χ0v) is 16.3. The number of amides is 1. The number of furan rings is 1. The molecule has 0 saturated carbocycles. The molecule has 2 aromatic heterocycles. The average molecular weight is 387 g/mol. The minimum atomic E-state index is -0.426. The molecule has 1 amide bonds. The largest absolute Gasteiger partial charge is 0.497 e. The van der Waals surface area contributed by atoms with Crippen LogP contribution in [0.3, 0.4) is 0 Å². The van der Waals surface area contributed by atoms with E-state index in [-0.39, 0.29) is 18.9 Å². The fourth-order valence-corrected chi connectivity index (χ4v) is 3.74. The Bertz CT molecular complexity index is 972. The maximum Gasteiger partial charge on any atom is 0.341 e. The van der Waals surface area contributed by atoms with Crippen molar-refractivity contribution >= 4 is 39.2 Å². The molecule has 0 aliphatic carbocycles. The van der Waals surface area contributed by atoms with Gasteiger partial charge in [-0.25, -0.2) is 4.79 Å². The van der Waals surface area contributed by atoms with Gasteiger partial charge in [-0.2, -0.15) is 0 Å². The number of hydrogen-bond acceptors (Lipinski definition) is 6. The Morgan fingerprint density at radius 2 is 2.04 bits per heavy atom. The summed E-state index contributed by atoms with van der Waals surface area (Å²) in [6.45, 7) is 4.04. The summed E-state index contributed by atoms with van der Waals surface area (Å²) in [5.74, 6) is 0.0470. The molecule has 0 spiro atoms. The first kappa shape index (κ1) is 19.0. The van der Waals surface area contributed by atoms with Gasteiger partial charge in [0.25, 0.3) is 0 Å². The van der Waals surface area contributed by atoms with E-state index in [2.05, 4.69) is 5.32 Å². The van der Waals surface area contributed by atoms with Crippen LogP contribution in [0.25, 0.3) is 11.0 Å². The fourth-order valence-electron chi connectivity index (χ4n) is 2.74. The number of thiophene rings is 1. The molecular formula is C20H21NO5S. The van der Waals surface area contributed by atoms with Crippen molar-refractivity contribution in [3.63, 3.8) is 0 Å². The van der Waals surface area contributed by atoms with Crippen LogP contribution in [0.5, 0.6) is 5.75 Å². The van der Waals surface area contributed by atoms with Crippen LogP contribution in [0, 0.1) is 0 Å². The van der Waals surface area contributed by atoms with Crippen molar-refractivity contribution in [2.45, 2.75) is 26.7 Å². The molecule has 0 bridgehead atoms. The minimum Gasteiger partial charge on any atom is -0.497 e. The van der Waals surface area contributed by atoms with Crippen molar-refractivity contribution in [2.75, 3.05) is 19.0 Å².